The molecule has 1 atom stereocenters. The molecule has 0 saturated carbocycles. The molecule has 6 heteroatoms. The van der Waals surface area contributed by atoms with Crippen LogP contribution in [0.5, 0.6) is 5.75 Å². The zero-order valence-corrected chi connectivity index (χ0v) is 14.3. The van der Waals surface area contributed by atoms with Crippen molar-refractivity contribution in [2.75, 3.05) is 19.0 Å². The third kappa shape index (κ3) is 5.31. The van der Waals surface area contributed by atoms with Gasteiger partial charge in [-0.1, -0.05) is 30.3 Å². The Morgan fingerprint density at radius 2 is 1.75 bits per heavy atom. The van der Waals surface area contributed by atoms with Gasteiger partial charge in [0.1, 0.15) is 11.0 Å². The Morgan fingerprint density at radius 3 is 2.46 bits per heavy atom. The lowest BCUT2D eigenvalue weighted by atomic mass is 10.3. The number of ether oxygens (including phenoxy) is 2. The number of carbonyl (C=O) groups excluding carboxylic acids is 2. The molecular formula is C18H19NO4S. The fourth-order valence-electron chi connectivity index (χ4n) is 1.94. The number of hydrogen-bond acceptors (Lipinski definition) is 5. The van der Waals surface area contributed by atoms with Crippen molar-refractivity contribution in [2.45, 2.75) is 17.1 Å². The first-order valence-corrected chi connectivity index (χ1v) is 8.29. The largest absolute Gasteiger partial charge is 0.495 e. The van der Waals surface area contributed by atoms with Crippen molar-refractivity contribution in [1.82, 2.24) is 0 Å². The van der Waals surface area contributed by atoms with E-state index >= 15 is 0 Å². The van der Waals surface area contributed by atoms with Gasteiger partial charge in [0.15, 0.2) is 6.61 Å². The molecule has 2 rings (SSSR count). The maximum atomic E-state index is 12.0. The average molecular weight is 345 g/mol. The summed E-state index contributed by atoms with van der Waals surface area (Å²) in [5.74, 6) is -0.297. The van der Waals surface area contributed by atoms with Crippen molar-refractivity contribution in [3.63, 3.8) is 0 Å². The number of hydrogen-bond donors (Lipinski definition) is 1. The molecule has 0 radical (unpaired) electrons. The van der Waals surface area contributed by atoms with E-state index in [9.17, 15) is 9.59 Å². The number of esters is 1. The summed E-state index contributed by atoms with van der Waals surface area (Å²) in [6.07, 6.45) is 0. The van der Waals surface area contributed by atoms with Gasteiger partial charge >= 0.3 is 5.97 Å². The van der Waals surface area contributed by atoms with Gasteiger partial charge in [0, 0.05) is 4.90 Å². The highest BCUT2D eigenvalue weighted by molar-refractivity contribution is 8.00. The molecule has 0 saturated heterocycles. The van der Waals surface area contributed by atoms with E-state index in [0.717, 1.165) is 4.90 Å². The zero-order chi connectivity index (χ0) is 17.4. The molecular weight excluding hydrogens is 326 g/mol. The number of carbonyl (C=O) groups is 2. The molecule has 0 unspecified atom stereocenters. The number of anilines is 1. The van der Waals surface area contributed by atoms with E-state index < -0.39 is 17.1 Å². The normalized spacial score (nSPS) is 11.4. The first-order valence-electron chi connectivity index (χ1n) is 7.41. The summed E-state index contributed by atoms with van der Waals surface area (Å²) in [4.78, 5) is 24.9. The summed E-state index contributed by atoms with van der Waals surface area (Å²) in [6, 6.07) is 16.6. The van der Waals surface area contributed by atoms with Crippen molar-refractivity contribution >= 4 is 29.3 Å². The molecule has 1 amide bonds. The predicted molar refractivity (Wildman–Crippen MR) is 94.3 cm³/mol. The smallest absolute Gasteiger partial charge is 0.319 e. The number of para-hydroxylation sites is 2. The summed E-state index contributed by atoms with van der Waals surface area (Å²) in [5.41, 5.74) is 0.535. The van der Waals surface area contributed by atoms with Crippen LogP contribution >= 0.6 is 11.8 Å². The molecule has 0 bridgehead atoms. The molecule has 24 heavy (non-hydrogen) atoms. The molecule has 0 fully saturated rings. The van der Waals surface area contributed by atoms with Crippen molar-refractivity contribution in [3.8, 4) is 5.75 Å². The van der Waals surface area contributed by atoms with E-state index in [1.807, 2.05) is 30.3 Å². The van der Waals surface area contributed by atoms with Gasteiger partial charge in [-0.25, -0.2) is 0 Å². The number of rotatable bonds is 7. The average Bonchev–Trinajstić information content (AvgIpc) is 2.61. The van der Waals surface area contributed by atoms with Crippen LogP contribution in [0, 0.1) is 0 Å². The van der Waals surface area contributed by atoms with Crippen molar-refractivity contribution < 1.29 is 19.1 Å². The molecule has 0 aliphatic rings. The van der Waals surface area contributed by atoms with Crippen LogP contribution < -0.4 is 10.1 Å². The summed E-state index contributed by atoms with van der Waals surface area (Å²) in [7, 11) is 1.52. The standard InChI is InChI=1S/C18H19NO4S/c1-13(24-14-8-4-3-5-9-14)18(21)23-12-17(20)19-15-10-6-7-11-16(15)22-2/h3-11,13H,12H2,1-2H3,(H,19,20)/t13-/m1/s1. The van der Waals surface area contributed by atoms with Gasteiger partial charge in [0.25, 0.3) is 5.91 Å². The fraction of sp³-hybridized carbons (Fsp3) is 0.222. The van der Waals surface area contributed by atoms with Crippen molar-refractivity contribution in [1.29, 1.82) is 0 Å². The van der Waals surface area contributed by atoms with Gasteiger partial charge in [-0.15, -0.1) is 11.8 Å². The number of thioether (sulfide) groups is 1. The van der Waals surface area contributed by atoms with E-state index in [-0.39, 0.29) is 6.61 Å². The molecule has 0 aliphatic heterocycles. The van der Waals surface area contributed by atoms with Gasteiger partial charge in [-0.3, -0.25) is 9.59 Å². The highest BCUT2D eigenvalue weighted by Gasteiger charge is 2.17. The molecule has 0 aliphatic carbocycles. The Labute approximate surface area is 145 Å². The molecule has 2 aromatic rings. The molecule has 126 valence electrons. The zero-order valence-electron chi connectivity index (χ0n) is 13.5. The second-order valence-corrected chi connectivity index (χ2v) is 6.34. The highest BCUT2D eigenvalue weighted by atomic mass is 32.2. The van der Waals surface area contributed by atoms with Gasteiger partial charge in [-0.05, 0) is 31.2 Å². The molecule has 0 heterocycles. The minimum Gasteiger partial charge on any atom is -0.495 e. The van der Waals surface area contributed by atoms with Crippen LogP contribution in [0.3, 0.4) is 0 Å². The Hall–Kier alpha value is -2.47. The maximum Gasteiger partial charge on any atom is 0.319 e. The Balaban J connectivity index is 1.81. The van der Waals surface area contributed by atoms with Gasteiger partial charge in [-0.2, -0.15) is 0 Å². The maximum absolute atomic E-state index is 12.0. The fourth-order valence-corrected chi connectivity index (χ4v) is 2.83. The van der Waals surface area contributed by atoms with E-state index in [1.165, 1.54) is 18.9 Å². The van der Waals surface area contributed by atoms with Gasteiger partial charge in [0.2, 0.25) is 0 Å². The molecule has 0 aromatic heterocycles. The number of amides is 1. The van der Waals surface area contributed by atoms with Crippen molar-refractivity contribution in [3.05, 3.63) is 54.6 Å². The van der Waals surface area contributed by atoms with Crippen LogP contribution in [0.1, 0.15) is 6.92 Å². The van der Waals surface area contributed by atoms with Crippen LogP contribution in [-0.2, 0) is 14.3 Å². The van der Waals surface area contributed by atoms with E-state index in [0.29, 0.717) is 11.4 Å². The number of nitrogens with one attached hydrogen (secondary N) is 1. The van der Waals surface area contributed by atoms with Gasteiger partial charge in [0.05, 0.1) is 12.8 Å². The van der Waals surface area contributed by atoms with Gasteiger partial charge < -0.3 is 14.8 Å². The van der Waals surface area contributed by atoms with Crippen LogP contribution in [0.4, 0.5) is 5.69 Å². The second-order valence-electron chi connectivity index (χ2n) is 4.93. The van der Waals surface area contributed by atoms with Crippen LogP contribution in [0.2, 0.25) is 0 Å². The molecule has 0 spiro atoms. The minimum absolute atomic E-state index is 0.337. The summed E-state index contributed by atoms with van der Waals surface area (Å²) in [6.45, 7) is 1.41. The second kappa shape index (κ2) is 8.98. The third-order valence-electron chi connectivity index (χ3n) is 3.11. The van der Waals surface area contributed by atoms with Crippen molar-refractivity contribution in [2.24, 2.45) is 0 Å². The van der Waals surface area contributed by atoms with E-state index in [2.05, 4.69) is 5.32 Å². The molecule has 5 nitrogen and oxygen atoms in total. The summed E-state index contributed by atoms with van der Waals surface area (Å²) >= 11 is 1.39. The third-order valence-corrected chi connectivity index (χ3v) is 4.20. The first kappa shape index (κ1) is 17.9. The van der Waals surface area contributed by atoms with Crippen LogP contribution in [0.25, 0.3) is 0 Å². The van der Waals surface area contributed by atoms with Crippen LogP contribution in [0.15, 0.2) is 59.5 Å². The Kier molecular flexibility index (Phi) is 6.69. The van der Waals surface area contributed by atoms with Crippen LogP contribution in [-0.4, -0.2) is 30.8 Å². The lowest BCUT2D eigenvalue weighted by Gasteiger charge is -2.12. The topological polar surface area (TPSA) is 64.6 Å². The summed E-state index contributed by atoms with van der Waals surface area (Å²) < 4.78 is 10.2. The predicted octanol–water partition coefficient (Wildman–Crippen LogP) is 3.36. The number of benzene rings is 2. The monoisotopic (exact) mass is 345 g/mol. The first-order chi connectivity index (χ1) is 11.6. The summed E-state index contributed by atoms with van der Waals surface area (Å²) in [5, 5.41) is 2.26. The highest BCUT2D eigenvalue weighted by Crippen LogP contribution is 2.24. The number of methoxy groups -OCH3 is 1. The Morgan fingerprint density at radius 1 is 1.08 bits per heavy atom. The lowest BCUT2D eigenvalue weighted by molar-refractivity contribution is -0.146. The van der Waals surface area contributed by atoms with E-state index in [4.69, 9.17) is 9.47 Å². The quantitative estimate of drug-likeness (QED) is 0.616. The molecule has 2 aromatic carbocycles. The minimum atomic E-state index is -0.431. The molecule has 1 N–H and O–H groups in total. The SMILES string of the molecule is COc1ccccc1NC(=O)COC(=O)[C@@H](C)Sc1ccccc1. The Bertz CT molecular complexity index is 690. The van der Waals surface area contributed by atoms with E-state index in [1.54, 1.807) is 31.2 Å². The lowest BCUT2D eigenvalue weighted by Crippen LogP contribution is -2.25.